The summed E-state index contributed by atoms with van der Waals surface area (Å²) in [6, 6.07) is 0.165. The molecule has 0 aliphatic rings. The molecule has 0 bridgehead atoms. The molecule has 5 heteroatoms. The average molecular weight is 229 g/mol. The SMILES string of the molecule is C=C(C)C(=O)N(C)CC(C)N(C)N(C)OC. The van der Waals surface area contributed by atoms with Gasteiger partial charge in [0.05, 0.1) is 7.11 Å². The summed E-state index contributed by atoms with van der Waals surface area (Å²) in [5.74, 6) is -0.0275. The van der Waals surface area contributed by atoms with Crippen molar-refractivity contribution in [3.8, 4) is 0 Å². The van der Waals surface area contributed by atoms with E-state index in [9.17, 15) is 4.79 Å². The van der Waals surface area contributed by atoms with Crippen LogP contribution >= 0.6 is 0 Å². The fourth-order valence-corrected chi connectivity index (χ4v) is 1.33. The second-order valence-corrected chi connectivity index (χ2v) is 4.04. The van der Waals surface area contributed by atoms with Gasteiger partial charge in [-0.15, -0.1) is 5.17 Å². The predicted octanol–water partition coefficient (Wildman–Crippen LogP) is 0.749. The van der Waals surface area contributed by atoms with E-state index in [1.165, 1.54) is 0 Å². The molecule has 94 valence electrons. The van der Waals surface area contributed by atoms with Gasteiger partial charge in [0.2, 0.25) is 5.91 Å². The molecular weight excluding hydrogens is 206 g/mol. The van der Waals surface area contributed by atoms with Crippen molar-refractivity contribution in [3.05, 3.63) is 12.2 Å². The van der Waals surface area contributed by atoms with Crippen LogP contribution in [0, 0.1) is 0 Å². The molecule has 0 aliphatic heterocycles. The van der Waals surface area contributed by atoms with Gasteiger partial charge < -0.3 is 4.90 Å². The van der Waals surface area contributed by atoms with Crippen molar-refractivity contribution in [2.75, 3.05) is 34.8 Å². The highest BCUT2D eigenvalue weighted by Crippen LogP contribution is 2.03. The minimum absolute atomic E-state index is 0.0275. The number of hydroxylamine groups is 1. The van der Waals surface area contributed by atoms with Crippen molar-refractivity contribution in [1.82, 2.24) is 15.1 Å². The third-order valence-corrected chi connectivity index (χ3v) is 2.60. The molecule has 0 fully saturated rings. The Balaban J connectivity index is 4.28. The second kappa shape index (κ2) is 6.62. The van der Waals surface area contributed by atoms with E-state index in [1.807, 2.05) is 26.0 Å². The van der Waals surface area contributed by atoms with Crippen molar-refractivity contribution in [3.63, 3.8) is 0 Å². The molecule has 0 rings (SSSR count). The minimum atomic E-state index is -0.0275. The molecule has 0 heterocycles. The van der Waals surface area contributed by atoms with Crippen LogP contribution in [-0.4, -0.2) is 61.8 Å². The van der Waals surface area contributed by atoms with E-state index in [-0.39, 0.29) is 11.9 Å². The Bertz CT molecular complexity index is 256. The zero-order valence-electron chi connectivity index (χ0n) is 11.1. The molecular formula is C11H23N3O2. The number of hydrogen-bond acceptors (Lipinski definition) is 4. The van der Waals surface area contributed by atoms with Crippen LogP contribution in [0.4, 0.5) is 0 Å². The van der Waals surface area contributed by atoms with Crippen LogP contribution in [0.2, 0.25) is 0 Å². The van der Waals surface area contributed by atoms with Gasteiger partial charge in [0.15, 0.2) is 0 Å². The largest absolute Gasteiger partial charge is 0.340 e. The Labute approximate surface area is 98.2 Å². The maximum atomic E-state index is 11.6. The first kappa shape index (κ1) is 15.1. The number of hydrazine groups is 1. The number of likely N-dealkylation sites (N-methyl/N-ethyl adjacent to an activating group) is 2. The molecule has 0 saturated heterocycles. The minimum Gasteiger partial charge on any atom is -0.340 e. The van der Waals surface area contributed by atoms with Crippen LogP contribution in [0.15, 0.2) is 12.2 Å². The molecule has 16 heavy (non-hydrogen) atoms. The van der Waals surface area contributed by atoms with E-state index in [1.54, 1.807) is 31.2 Å². The monoisotopic (exact) mass is 229 g/mol. The highest BCUT2D eigenvalue weighted by Gasteiger charge is 2.18. The smallest absolute Gasteiger partial charge is 0.248 e. The van der Waals surface area contributed by atoms with Gasteiger partial charge in [-0.1, -0.05) is 6.58 Å². The molecule has 1 atom stereocenters. The summed E-state index contributed by atoms with van der Waals surface area (Å²) in [4.78, 5) is 18.3. The molecule has 1 unspecified atom stereocenters. The van der Waals surface area contributed by atoms with Gasteiger partial charge in [-0.05, 0) is 13.8 Å². The van der Waals surface area contributed by atoms with Crippen LogP contribution in [0.1, 0.15) is 13.8 Å². The maximum absolute atomic E-state index is 11.6. The lowest BCUT2D eigenvalue weighted by Gasteiger charge is -2.33. The van der Waals surface area contributed by atoms with Crippen LogP contribution in [0.3, 0.4) is 0 Å². The van der Waals surface area contributed by atoms with Crippen LogP contribution in [0.5, 0.6) is 0 Å². The van der Waals surface area contributed by atoms with Crippen LogP contribution in [-0.2, 0) is 9.63 Å². The third kappa shape index (κ3) is 4.30. The molecule has 0 aromatic heterocycles. The van der Waals surface area contributed by atoms with Crippen molar-refractivity contribution >= 4 is 5.91 Å². The van der Waals surface area contributed by atoms with Gasteiger partial charge in [0.1, 0.15) is 0 Å². The number of carbonyl (C=O) groups excluding carboxylic acids is 1. The van der Waals surface area contributed by atoms with Crippen molar-refractivity contribution < 1.29 is 9.63 Å². The van der Waals surface area contributed by atoms with Gasteiger partial charge in [0.25, 0.3) is 0 Å². The number of carbonyl (C=O) groups is 1. The van der Waals surface area contributed by atoms with Crippen molar-refractivity contribution in [2.24, 2.45) is 0 Å². The van der Waals surface area contributed by atoms with E-state index >= 15 is 0 Å². The molecule has 0 aromatic rings. The fourth-order valence-electron chi connectivity index (χ4n) is 1.33. The molecule has 0 aromatic carbocycles. The fraction of sp³-hybridized carbons (Fsp3) is 0.727. The first-order valence-electron chi connectivity index (χ1n) is 5.22. The molecule has 1 amide bonds. The first-order valence-corrected chi connectivity index (χ1v) is 5.22. The van der Waals surface area contributed by atoms with E-state index in [0.29, 0.717) is 12.1 Å². The van der Waals surface area contributed by atoms with Gasteiger partial charge in [-0.25, -0.2) is 5.01 Å². The predicted molar refractivity (Wildman–Crippen MR) is 64.4 cm³/mol. The summed E-state index contributed by atoms with van der Waals surface area (Å²) in [6.45, 7) is 8.00. The molecule has 0 radical (unpaired) electrons. The molecule has 0 N–H and O–H groups in total. The normalized spacial score (nSPS) is 13.0. The summed E-state index contributed by atoms with van der Waals surface area (Å²) in [5.41, 5.74) is 0.553. The molecule has 0 aliphatic carbocycles. The van der Waals surface area contributed by atoms with Crippen molar-refractivity contribution in [1.29, 1.82) is 0 Å². The molecule has 0 spiro atoms. The molecule has 5 nitrogen and oxygen atoms in total. The second-order valence-electron chi connectivity index (χ2n) is 4.04. The molecule has 0 saturated carbocycles. The summed E-state index contributed by atoms with van der Waals surface area (Å²) in [5, 5.41) is 3.55. The van der Waals surface area contributed by atoms with E-state index in [0.717, 1.165) is 0 Å². The Morgan fingerprint density at radius 1 is 1.38 bits per heavy atom. The standard InChI is InChI=1S/C11H23N3O2/c1-9(2)11(15)12(4)8-10(3)13(5)14(6)16-7/h10H,1,8H2,2-7H3. The van der Waals surface area contributed by atoms with Gasteiger partial charge in [-0.3, -0.25) is 9.63 Å². The zero-order chi connectivity index (χ0) is 12.9. The van der Waals surface area contributed by atoms with Crippen molar-refractivity contribution in [2.45, 2.75) is 19.9 Å². The lowest BCUT2D eigenvalue weighted by atomic mass is 10.2. The first-order chi connectivity index (χ1) is 7.31. The zero-order valence-corrected chi connectivity index (χ0v) is 11.1. The van der Waals surface area contributed by atoms with Gasteiger partial charge in [0, 0.05) is 39.3 Å². The number of rotatable bonds is 6. The highest BCUT2D eigenvalue weighted by molar-refractivity contribution is 5.91. The Morgan fingerprint density at radius 2 is 1.88 bits per heavy atom. The van der Waals surface area contributed by atoms with Gasteiger partial charge >= 0.3 is 0 Å². The summed E-state index contributed by atoms with van der Waals surface area (Å²) in [7, 11) is 7.10. The van der Waals surface area contributed by atoms with Crippen LogP contribution in [0.25, 0.3) is 0 Å². The third-order valence-electron chi connectivity index (χ3n) is 2.60. The maximum Gasteiger partial charge on any atom is 0.248 e. The average Bonchev–Trinajstić information content (AvgIpc) is 2.25. The lowest BCUT2D eigenvalue weighted by Crippen LogP contribution is -2.47. The number of nitrogens with zero attached hydrogens (tertiary/aromatic N) is 3. The van der Waals surface area contributed by atoms with Crippen LogP contribution < -0.4 is 0 Å². The van der Waals surface area contributed by atoms with E-state index in [4.69, 9.17) is 4.84 Å². The van der Waals surface area contributed by atoms with E-state index < -0.39 is 0 Å². The Hall–Kier alpha value is -0.910. The van der Waals surface area contributed by atoms with E-state index in [2.05, 4.69) is 6.58 Å². The highest BCUT2D eigenvalue weighted by atomic mass is 16.7. The Kier molecular flexibility index (Phi) is 6.25. The topological polar surface area (TPSA) is 36.0 Å². The number of hydrogen-bond donors (Lipinski definition) is 0. The summed E-state index contributed by atoms with van der Waals surface area (Å²) in [6.07, 6.45) is 0. The summed E-state index contributed by atoms with van der Waals surface area (Å²) < 4.78 is 0. The summed E-state index contributed by atoms with van der Waals surface area (Å²) >= 11 is 0. The lowest BCUT2D eigenvalue weighted by molar-refractivity contribution is -0.253. The Morgan fingerprint density at radius 3 is 2.25 bits per heavy atom. The van der Waals surface area contributed by atoms with Gasteiger partial charge in [-0.2, -0.15) is 0 Å². The number of amides is 1. The quantitative estimate of drug-likeness (QED) is 0.497.